The number of aromatic nitrogens is 2. The summed E-state index contributed by atoms with van der Waals surface area (Å²) in [5.41, 5.74) is 1.55. The molecule has 6 heteroatoms. The lowest BCUT2D eigenvalue weighted by molar-refractivity contribution is -0.384. The van der Waals surface area contributed by atoms with E-state index in [1.165, 1.54) is 12.1 Å². The van der Waals surface area contributed by atoms with Gasteiger partial charge in [-0.25, -0.2) is 0 Å². The van der Waals surface area contributed by atoms with Gasteiger partial charge in [-0.15, -0.1) is 0 Å². The molecule has 5 nitrogen and oxygen atoms in total. The number of halogens is 1. The molecule has 0 unspecified atom stereocenters. The van der Waals surface area contributed by atoms with Gasteiger partial charge < -0.3 is 0 Å². The maximum atomic E-state index is 10.6. The normalized spacial score (nSPS) is 11.4. The molecular weight excluding hydrogens is 286 g/mol. The first-order valence-corrected chi connectivity index (χ1v) is 6.19. The van der Waals surface area contributed by atoms with E-state index in [1.807, 2.05) is 12.2 Å². The van der Waals surface area contributed by atoms with E-state index in [2.05, 4.69) is 26.1 Å². The van der Waals surface area contributed by atoms with Crippen LogP contribution in [0.15, 0.2) is 24.3 Å². The van der Waals surface area contributed by atoms with Gasteiger partial charge in [0.15, 0.2) is 0 Å². The summed E-state index contributed by atoms with van der Waals surface area (Å²) in [7, 11) is 0. The molecule has 0 fully saturated rings. The Kier molecular flexibility index (Phi) is 3.53. The maximum Gasteiger partial charge on any atom is 0.271 e. The van der Waals surface area contributed by atoms with E-state index in [1.54, 1.807) is 6.07 Å². The molecule has 0 spiro atoms. The second-order valence-corrected chi connectivity index (χ2v) is 4.27. The third-order valence-electron chi connectivity index (χ3n) is 2.34. The minimum Gasteiger partial charge on any atom is -0.277 e. The second-order valence-electron chi connectivity index (χ2n) is 3.48. The quantitative estimate of drug-likeness (QED) is 0.534. The van der Waals surface area contributed by atoms with Crippen LogP contribution in [-0.2, 0) is 0 Å². The number of allylic oxidation sites excluding steroid dienone is 1. The smallest absolute Gasteiger partial charge is 0.271 e. The molecule has 0 amide bonds. The largest absolute Gasteiger partial charge is 0.277 e. The fourth-order valence-electron chi connectivity index (χ4n) is 1.53. The first-order valence-electron chi connectivity index (χ1n) is 5.07. The van der Waals surface area contributed by atoms with E-state index in [-0.39, 0.29) is 5.69 Å². The molecule has 1 N–H and O–H groups in total. The number of non-ortho nitro benzene ring substituents is 1. The molecule has 2 aromatic rings. The Morgan fingerprint density at radius 1 is 1.53 bits per heavy atom. The third-order valence-corrected chi connectivity index (χ3v) is 2.80. The summed E-state index contributed by atoms with van der Waals surface area (Å²) in [5.74, 6) is 0. The van der Waals surface area contributed by atoms with Crippen molar-refractivity contribution in [3.05, 3.63) is 40.1 Å². The molecule has 0 atom stereocenters. The fourth-order valence-corrected chi connectivity index (χ4v) is 1.79. The monoisotopic (exact) mass is 295 g/mol. The molecule has 1 aromatic heterocycles. The molecular formula is C11H10BrN3O2. The van der Waals surface area contributed by atoms with Gasteiger partial charge in [-0.05, 0) is 18.6 Å². The Hall–Kier alpha value is -1.69. The van der Waals surface area contributed by atoms with Crippen LogP contribution in [0.1, 0.15) is 12.1 Å². The Morgan fingerprint density at radius 2 is 2.35 bits per heavy atom. The molecule has 2 rings (SSSR count). The fraction of sp³-hybridized carbons (Fsp3) is 0.182. The molecule has 1 heterocycles. The number of nitrogens with one attached hydrogen (secondary N) is 1. The summed E-state index contributed by atoms with van der Waals surface area (Å²) in [6, 6.07) is 4.69. The molecule has 17 heavy (non-hydrogen) atoms. The van der Waals surface area contributed by atoms with Gasteiger partial charge in [0.2, 0.25) is 0 Å². The van der Waals surface area contributed by atoms with Gasteiger partial charge >= 0.3 is 0 Å². The van der Waals surface area contributed by atoms with Crippen molar-refractivity contribution < 1.29 is 4.92 Å². The topological polar surface area (TPSA) is 71.8 Å². The van der Waals surface area contributed by atoms with Crippen LogP contribution in [-0.4, -0.2) is 20.5 Å². The van der Waals surface area contributed by atoms with Crippen molar-refractivity contribution in [3.8, 4) is 0 Å². The summed E-state index contributed by atoms with van der Waals surface area (Å²) in [4.78, 5) is 10.2. The van der Waals surface area contributed by atoms with E-state index < -0.39 is 4.92 Å². The van der Waals surface area contributed by atoms with Crippen molar-refractivity contribution in [1.82, 2.24) is 10.2 Å². The molecule has 0 bridgehead atoms. The molecule has 0 aliphatic rings. The van der Waals surface area contributed by atoms with Crippen LogP contribution in [0, 0.1) is 10.1 Å². The molecule has 88 valence electrons. The van der Waals surface area contributed by atoms with Crippen LogP contribution in [0.2, 0.25) is 0 Å². The number of nitro benzene ring substituents is 1. The minimum atomic E-state index is -0.416. The van der Waals surface area contributed by atoms with Crippen molar-refractivity contribution >= 4 is 38.6 Å². The van der Waals surface area contributed by atoms with Gasteiger partial charge in [0.05, 0.1) is 16.1 Å². The number of nitrogens with zero attached hydrogens (tertiary/aromatic N) is 2. The Labute approximate surface area is 106 Å². The molecule has 0 saturated carbocycles. The SMILES string of the molecule is O=[N+]([O-])c1ccc2c(C=CCCBr)n[nH]c2c1. The molecule has 1 aromatic carbocycles. The zero-order valence-corrected chi connectivity index (χ0v) is 10.5. The zero-order chi connectivity index (χ0) is 12.3. The highest BCUT2D eigenvalue weighted by molar-refractivity contribution is 9.09. The first-order chi connectivity index (χ1) is 8.22. The number of rotatable bonds is 4. The van der Waals surface area contributed by atoms with Gasteiger partial charge in [-0.1, -0.05) is 22.0 Å². The van der Waals surface area contributed by atoms with Crippen LogP contribution < -0.4 is 0 Å². The average Bonchev–Trinajstić information content (AvgIpc) is 2.72. The van der Waals surface area contributed by atoms with Crippen LogP contribution in [0.5, 0.6) is 0 Å². The standard InChI is InChI=1S/C11H10BrN3O2/c12-6-2-1-3-10-9-5-4-8(15(16)17)7-11(9)14-13-10/h1,3-5,7H,2,6H2,(H,13,14). The number of H-pyrrole nitrogens is 1. The predicted octanol–water partition coefficient (Wildman–Crippen LogP) is 3.27. The Morgan fingerprint density at radius 3 is 3.06 bits per heavy atom. The lowest BCUT2D eigenvalue weighted by atomic mass is 10.2. The third kappa shape index (κ3) is 2.52. The highest BCUT2D eigenvalue weighted by Crippen LogP contribution is 2.22. The molecule has 0 saturated heterocycles. The van der Waals surface area contributed by atoms with Crippen LogP contribution in [0.3, 0.4) is 0 Å². The van der Waals surface area contributed by atoms with Gasteiger partial charge in [-0.3, -0.25) is 15.2 Å². The van der Waals surface area contributed by atoms with Crippen LogP contribution >= 0.6 is 15.9 Å². The van der Waals surface area contributed by atoms with Crippen molar-refractivity contribution in [2.24, 2.45) is 0 Å². The van der Waals surface area contributed by atoms with E-state index in [4.69, 9.17) is 0 Å². The van der Waals surface area contributed by atoms with E-state index >= 15 is 0 Å². The summed E-state index contributed by atoms with van der Waals surface area (Å²) in [5, 5.41) is 19.3. The number of fused-ring (bicyclic) bond motifs is 1. The zero-order valence-electron chi connectivity index (χ0n) is 8.89. The average molecular weight is 296 g/mol. The predicted molar refractivity (Wildman–Crippen MR) is 70.2 cm³/mol. The van der Waals surface area contributed by atoms with Crippen molar-refractivity contribution in [1.29, 1.82) is 0 Å². The number of aromatic amines is 1. The minimum absolute atomic E-state index is 0.0668. The summed E-state index contributed by atoms with van der Waals surface area (Å²) >= 11 is 3.33. The molecule has 0 radical (unpaired) electrons. The van der Waals surface area contributed by atoms with Crippen LogP contribution in [0.4, 0.5) is 5.69 Å². The number of alkyl halides is 1. The lowest BCUT2D eigenvalue weighted by Crippen LogP contribution is -1.86. The number of hydrogen-bond donors (Lipinski definition) is 1. The Balaban J connectivity index is 2.38. The van der Waals surface area contributed by atoms with E-state index in [9.17, 15) is 10.1 Å². The first kappa shape index (κ1) is 11.8. The van der Waals surface area contributed by atoms with Gasteiger partial charge in [0.25, 0.3) is 5.69 Å². The van der Waals surface area contributed by atoms with Gasteiger partial charge in [0.1, 0.15) is 0 Å². The van der Waals surface area contributed by atoms with Crippen molar-refractivity contribution in [2.45, 2.75) is 6.42 Å². The Bertz CT molecular complexity index is 577. The maximum absolute atomic E-state index is 10.6. The van der Waals surface area contributed by atoms with E-state index in [0.717, 1.165) is 22.8 Å². The summed E-state index contributed by atoms with van der Waals surface area (Å²) in [6.07, 6.45) is 4.83. The van der Waals surface area contributed by atoms with Crippen LogP contribution in [0.25, 0.3) is 17.0 Å². The highest BCUT2D eigenvalue weighted by atomic mass is 79.9. The molecule has 0 aliphatic heterocycles. The van der Waals surface area contributed by atoms with Gasteiger partial charge in [-0.2, -0.15) is 5.10 Å². The van der Waals surface area contributed by atoms with Crippen molar-refractivity contribution in [2.75, 3.05) is 5.33 Å². The highest BCUT2D eigenvalue weighted by Gasteiger charge is 2.09. The summed E-state index contributed by atoms with van der Waals surface area (Å²) < 4.78 is 0. The number of nitro groups is 1. The van der Waals surface area contributed by atoms with E-state index in [0.29, 0.717) is 5.52 Å². The number of hydrogen-bond acceptors (Lipinski definition) is 3. The lowest BCUT2D eigenvalue weighted by Gasteiger charge is -1.91. The summed E-state index contributed by atoms with van der Waals surface area (Å²) in [6.45, 7) is 0. The van der Waals surface area contributed by atoms with Crippen molar-refractivity contribution in [3.63, 3.8) is 0 Å². The number of benzene rings is 1. The molecule has 0 aliphatic carbocycles. The second kappa shape index (κ2) is 5.09. The van der Waals surface area contributed by atoms with Gasteiger partial charge in [0, 0.05) is 22.8 Å².